The van der Waals surface area contributed by atoms with E-state index < -0.39 is 0 Å². The van der Waals surface area contributed by atoms with E-state index in [9.17, 15) is 4.79 Å². The number of Topliss-reactive ketones (excluding diaryl/α,β-unsaturated/α-hetero) is 1. The lowest BCUT2D eigenvalue weighted by atomic mass is 9.89. The first-order chi connectivity index (χ1) is 13.6. The molecule has 1 aliphatic rings. The van der Waals surface area contributed by atoms with Gasteiger partial charge in [-0.2, -0.15) is 0 Å². The van der Waals surface area contributed by atoms with E-state index in [2.05, 4.69) is 61.3 Å². The second-order valence-electron chi connectivity index (χ2n) is 8.10. The molecule has 1 aromatic carbocycles. The van der Waals surface area contributed by atoms with Gasteiger partial charge in [0.25, 0.3) is 0 Å². The first kappa shape index (κ1) is 22.4. The highest BCUT2D eigenvalue weighted by atomic mass is 16.1. The normalized spacial score (nSPS) is 21.0. The Morgan fingerprint density at radius 3 is 2.64 bits per heavy atom. The number of allylic oxidation sites excluding steroid dienone is 4. The van der Waals surface area contributed by atoms with E-state index in [-0.39, 0.29) is 0 Å². The number of aryl methyl sites for hydroxylation is 1. The number of ketones is 1. The van der Waals surface area contributed by atoms with E-state index in [1.54, 1.807) is 0 Å². The van der Waals surface area contributed by atoms with Crippen LogP contribution < -0.4 is 5.32 Å². The van der Waals surface area contributed by atoms with E-state index in [4.69, 9.17) is 0 Å². The average Bonchev–Trinajstić information content (AvgIpc) is 2.69. The highest BCUT2D eigenvalue weighted by Gasteiger charge is 2.22. The average molecular weight is 380 g/mol. The van der Waals surface area contributed by atoms with Crippen LogP contribution in [0.1, 0.15) is 70.8 Å². The van der Waals surface area contributed by atoms with Crippen molar-refractivity contribution in [2.75, 3.05) is 0 Å². The number of benzene rings is 1. The maximum atomic E-state index is 12.7. The minimum Gasteiger partial charge on any atom is -0.311 e. The molecule has 0 amide bonds. The van der Waals surface area contributed by atoms with Crippen LogP contribution in [0.5, 0.6) is 0 Å². The van der Waals surface area contributed by atoms with Crippen LogP contribution >= 0.6 is 0 Å². The minimum atomic E-state index is 0.299. The van der Waals surface area contributed by atoms with Gasteiger partial charge in [0.2, 0.25) is 0 Å². The Hall–Kier alpha value is -1.93. The molecule has 152 valence electrons. The molecule has 2 nitrogen and oxygen atoms in total. The maximum Gasteiger partial charge on any atom is 0.160 e. The number of rotatable bonds is 10. The van der Waals surface area contributed by atoms with Gasteiger partial charge in [-0.15, -0.1) is 6.58 Å². The molecule has 1 aliphatic heterocycles. The molecule has 0 aliphatic carbocycles. The standard InChI is InChI=1S/C26H37NO/c1-4-5-9-18-25-20-26(28)22(3)24(19-21(2)27-25)17-13-7-6-10-14-23-15-11-8-12-16-23/h4,7-8,11-13,15-16,21,25,27H,1,5-6,9-10,14,17-20H2,2-3H3. The van der Waals surface area contributed by atoms with Crippen molar-refractivity contribution in [2.24, 2.45) is 0 Å². The lowest BCUT2D eigenvalue weighted by molar-refractivity contribution is -0.116. The van der Waals surface area contributed by atoms with Gasteiger partial charge in [-0.1, -0.05) is 54.1 Å². The quantitative estimate of drug-likeness (QED) is 0.380. The largest absolute Gasteiger partial charge is 0.311 e. The van der Waals surface area contributed by atoms with Crippen LogP contribution in [-0.2, 0) is 11.2 Å². The molecular weight excluding hydrogens is 342 g/mol. The van der Waals surface area contributed by atoms with Crippen LogP contribution in [0.15, 0.2) is 66.3 Å². The number of unbranched alkanes of at least 4 members (excludes halogenated alkanes) is 2. The molecule has 2 heteroatoms. The summed E-state index contributed by atoms with van der Waals surface area (Å²) >= 11 is 0. The van der Waals surface area contributed by atoms with Gasteiger partial charge in [-0.25, -0.2) is 0 Å². The Balaban J connectivity index is 1.83. The summed E-state index contributed by atoms with van der Waals surface area (Å²) in [4.78, 5) is 12.7. The second-order valence-corrected chi connectivity index (χ2v) is 8.10. The minimum absolute atomic E-state index is 0.299. The molecule has 28 heavy (non-hydrogen) atoms. The maximum absolute atomic E-state index is 12.7. The van der Waals surface area contributed by atoms with Crippen molar-refractivity contribution in [3.05, 3.63) is 71.8 Å². The predicted molar refractivity (Wildman–Crippen MR) is 121 cm³/mol. The van der Waals surface area contributed by atoms with E-state index in [1.165, 1.54) is 17.6 Å². The van der Waals surface area contributed by atoms with Gasteiger partial charge in [0.15, 0.2) is 5.78 Å². The lowest BCUT2D eigenvalue weighted by Crippen LogP contribution is -2.40. The topological polar surface area (TPSA) is 29.1 Å². The number of carbonyl (C=O) groups is 1. The van der Waals surface area contributed by atoms with Crippen molar-refractivity contribution in [3.63, 3.8) is 0 Å². The molecule has 0 saturated heterocycles. The first-order valence-corrected chi connectivity index (χ1v) is 10.9. The molecule has 0 aromatic heterocycles. The molecule has 0 saturated carbocycles. The van der Waals surface area contributed by atoms with Gasteiger partial charge in [0.05, 0.1) is 0 Å². The molecule has 1 aromatic rings. The van der Waals surface area contributed by atoms with Crippen molar-refractivity contribution >= 4 is 5.78 Å². The number of hydrogen-bond acceptors (Lipinski definition) is 2. The van der Waals surface area contributed by atoms with Crippen molar-refractivity contribution in [3.8, 4) is 0 Å². The zero-order valence-corrected chi connectivity index (χ0v) is 17.8. The van der Waals surface area contributed by atoms with Gasteiger partial charge >= 0.3 is 0 Å². The molecule has 0 bridgehead atoms. The molecule has 0 fully saturated rings. The van der Waals surface area contributed by atoms with Gasteiger partial charge in [0, 0.05) is 18.5 Å². The van der Waals surface area contributed by atoms with Crippen LogP contribution in [0, 0.1) is 0 Å². The first-order valence-electron chi connectivity index (χ1n) is 10.9. The van der Waals surface area contributed by atoms with Gasteiger partial charge < -0.3 is 5.32 Å². The zero-order chi connectivity index (χ0) is 20.2. The number of nitrogens with one attached hydrogen (secondary N) is 1. The fourth-order valence-corrected chi connectivity index (χ4v) is 3.96. The Kier molecular flexibility index (Phi) is 9.99. The molecular formula is C26H37NO. The highest BCUT2D eigenvalue weighted by molar-refractivity contribution is 5.96. The van der Waals surface area contributed by atoms with E-state index >= 15 is 0 Å². The lowest BCUT2D eigenvalue weighted by Gasteiger charge is -2.27. The van der Waals surface area contributed by atoms with Crippen LogP contribution in [0.2, 0.25) is 0 Å². The van der Waals surface area contributed by atoms with Gasteiger partial charge in [-0.3, -0.25) is 4.79 Å². The van der Waals surface area contributed by atoms with E-state index in [0.717, 1.165) is 50.5 Å². The fourth-order valence-electron chi connectivity index (χ4n) is 3.96. The number of hydrogen-bond donors (Lipinski definition) is 1. The van der Waals surface area contributed by atoms with Crippen LogP contribution in [0.25, 0.3) is 0 Å². The van der Waals surface area contributed by atoms with E-state index in [0.29, 0.717) is 24.3 Å². The Labute approximate surface area is 171 Å². The second kappa shape index (κ2) is 12.5. The summed E-state index contributed by atoms with van der Waals surface area (Å²) < 4.78 is 0. The summed E-state index contributed by atoms with van der Waals surface area (Å²) in [6.45, 7) is 8.06. The summed E-state index contributed by atoms with van der Waals surface area (Å²) in [5, 5.41) is 3.67. The number of carbonyl (C=O) groups excluding carboxylic acids is 1. The van der Waals surface area contributed by atoms with Crippen LogP contribution in [-0.4, -0.2) is 17.9 Å². The summed E-state index contributed by atoms with van der Waals surface area (Å²) in [7, 11) is 0. The monoisotopic (exact) mass is 379 g/mol. The fraction of sp³-hybridized carbons (Fsp3) is 0.500. The third kappa shape index (κ3) is 7.98. The molecule has 0 radical (unpaired) electrons. The molecule has 1 N–H and O–H groups in total. The van der Waals surface area contributed by atoms with Crippen molar-refractivity contribution < 1.29 is 4.79 Å². The zero-order valence-electron chi connectivity index (χ0n) is 17.8. The Morgan fingerprint density at radius 1 is 1.11 bits per heavy atom. The summed E-state index contributed by atoms with van der Waals surface area (Å²) in [6, 6.07) is 11.4. The Bertz CT molecular complexity index is 671. The van der Waals surface area contributed by atoms with Gasteiger partial charge in [0.1, 0.15) is 0 Å². The molecule has 2 atom stereocenters. The van der Waals surface area contributed by atoms with Crippen LogP contribution in [0.4, 0.5) is 0 Å². The van der Waals surface area contributed by atoms with Crippen LogP contribution in [0.3, 0.4) is 0 Å². The van der Waals surface area contributed by atoms with Crippen molar-refractivity contribution in [1.29, 1.82) is 0 Å². The summed E-state index contributed by atoms with van der Waals surface area (Å²) in [6.07, 6.45) is 15.5. The third-order valence-electron chi connectivity index (χ3n) is 5.62. The Morgan fingerprint density at radius 2 is 1.89 bits per heavy atom. The van der Waals surface area contributed by atoms with Crippen molar-refractivity contribution in [2.45, 2.75) is 83.7 Å². The van der Waals surface area contributed by atoms with Gasteiger partial charge in [-0.05, 0) is 76.4 Å². The summed E-state index contributed by atoms with van der Waals surface area (Å²) in [5.74, 6) is 0.315. The molecule has 2 unspecified atom stereocenters. The highest BCUT2D eigenvalue weighted by Crippen LogP contribution is 2.23. The van der Waals surface area contributed by atoms with Crippen molar-refractivity contribution in [1.82, 2.24) is 5.32 Å². The SMILES string of the molecule is C=CCCCC1CC(=O)C(C)=C(CC=CCCCc2ccccc2)CC(C)N1. The van der Waals surface area contributed by atoms with E-state index in [1.807, 2.05) is 13.0 Å². The predicted octanol–water partition coefficient (Wildman–Crippen LogP) is 6.34. The third-order valence-corrected chi connectivity index (χ3v) is 5.62. The smallest absolute Gasteiger partial charge is 0.160 e. The molecule has 2 rings (SSSR count). The summed E-state index contributed by atoms with van der Waals surface area (Å²) in [5.41, 5.74) is 3.70. The molecule has 0 spiro atoms. The molecule has 1 heterocycles.